The third-order valence-electron chi connectivity index (χ3n) is 33.4. The van der Waals surface area contributed by atoms with Gasteiger partial charge in [-0.2, -0.15) is 26.3 Å². The molecule has 0 heterocycles. The van der Waals surface area contributed by atoms with Crippen molar-refractivity contribution >= 4 is 0 Å². The minimum Gasteiger partial charge on any atom is -0.192 e. The highest BCUT2D eigenvalue weighted by atomic mass is 14.6. The fraction of sp³-hybridized carbons (Fsp3) is 0.667. The number of rotatable bonds is 30. The van der Waals surface area contributed by atoms with Crippen molar-refractivity contribution in [2.75, 3.05) is 0 Å². The summed E-state index contributed by atoms with van der Waals surface area (Å²) in [5.74, 6) is 0. The van der Waals surface area contributed by atoms with Crippen LogP contribution in [0.15, 0.2) is 121 Å². The first-order valence-corrected chi connectivity index (χ1v) is 45.9. The zero-order valence-corrected chi connectivity index (χ0v) is 70.2. The van der Waals surface area contributed by atoms with Gasteiger partial charge in [0.05, 0.1) is 58.2 Å². The van der Waals surface area contributed by atoms with Crippen LogP contribution in [0.1, 0.15) is 411 Å². The van der Waals surface area contributed by atoms with Crippen molar-refractivity contribution in [2.45, 2.75) is 388 Å². The van der Waals surface area contributed by atoms with E-state index in [4.69, 9.17) is 26.3 Å². The lowest BCUT2D eigenvalue weighted by Gasteiger charge is -2.54. The van der Waals surface area contributed by atoms with Crippen molar-refractivity contribution in [2.24, 2.45) is 54.1 Å². The summed E-state index contributed by atoms with van der Waals surface area (Å²) in [6, 6.07) is 52.1. The summed E-state index contributed by atoms with van der Waals surface area (Å²) >= 11 is 0. The van der Waals surface area contributed by atoms with Crippen molar-refractivity contribution < 1.29 is 0 Å². The summed E-state index contributed by atoms with van der Waals surface area (Å²) in [5.41, 5.74) is 17.7. The van der Waals surface area contributed by atoms with E-state index in [-0.39, 0.29) is 0 Å². The summed E-state index contributed by atoms with van der Waals surface area (Å²) in [6.45, 7) is 11.7. The van der Waals surface area contributed by atoms with Gasteiger partial charge in [-0.05, 0) is 425 Å². The van der Waals surface area contributed by atoms with Gasteiger partial charge < -0.3 is 0 Å². The fourth-order valence-electron chi connectivity index (χ4n) is 24.1. The van der Waals surface area contributed by atoms with Crippen molar-refractivity contribution in [3.63, 3.8) is 0 Å². The molecule has 5 nitrogen and oxygen atoms in total. The first-order valence-electron chi connectivity index (χ1n) is 45.9. The molecular weight excluding hydrogens is 1330 g/mol. The number of aryl methyl sites for hydroxylation is 5. The molecule has 590 valence electrons. The smallest absolute Gasteiger partial charge is 0.0991 e. The second kappa shape index (κ2) is 39.5. The van der Waals surface area contributed by atoms with Crippen LogP contribution in [0.3, 0.4) is 0 Å². The minimum atomic E-state index is 0.638. The quantitative estimate of drug-likeness (QED) is 0.0424. The maximum Gasteiger partial charge on any atom is 0.0991 e. The van der Waals surface area contributed by atoms with Crippen LogP contribution in [0.25, 0.3) is 0 Å². The van der Waals surface area contributed by atoms with Gasteiger partial charge in [0.1, 0.15) is 0 Å². The number of unbranched alkanes of at least 4 members (excludes halogenated alkanes) is 6. The number of fused-ring (bicyclic) bond motifs is 15. The summed E-state index contributed by atoms with van der Waals surface area (Å²) in [4.78, 5) is 0. The van der Waals surface area contributed by atoms with Gasteiger partial charge in [0.15, 0.2) is 0 Å². The SMILES string of the molecule is CCC12CCC(CCc3ccc(C#N)cc3)(CC1)CC2.CCCC12CCC(CCc3ccc(C#N)cc3)(CC1)CC2.CCCCC12CCC(CCc3ccc(C#N)cc3)(CC1)CC2.CCCCCC12CCC(CCc3ccc(C#N)cc3)(CC1)CC2.CCCCCCC12CCC(CCc3ccc(C#N)cc3)(CC1)CC2. The minimum absolute atomic E-state index is 0.638. The van der Waals surface area contributed by atoms with E-state index in [1.807, 2.05) is 60.7 Å². The molecule has 20 rings (SSSR count). The van der Waals surface area contributed by atoms with E-state index >= 15 is 0 Å². The summed E-state index contributed by atoms with van der Waals surface area (Å²) < 4.78 is 0. The van der Waals surface area contributed by atoms with Crippen molar-refractivity contribution in [1.29, 1.82) is 26.3 Å². The van der Waals surface area contributed by atoms with Gasteiger partial charge in [0.2, 0.25) is 0 Å². The Bertz CT molecular complexity index is 3730. The molecule has 110 heavy (non-hydrogen) atoms. The Morgan fingerprint density at radius 1 is 0.191 bits per heavy atom. The van der Waals surface area contributed by atoms with E-state index in [0.717, 1.165) is 54.9 Å². The van der Waals surface area contributed by atoms with Gasteiger partial charge in [-0.25, -0.2) is 0 Å². The molecule has 0 aromatic heterocycles. The maximum atomic E-state index is 8.91. The van der Waals surface area contributed by atoms with Crippen molar-refractivity contribution in [1.82, 2.24) is 0 Å². The summed E-state index contributed by atoms with van der Waals surface area (Å²) in [6.07, 6.45) is 78.3. The fourth-order valence-corrected chi connectivity index (χ4v) is 24.1. The van der Waals surface area contributed by atoms with E-state index in [9.17, 15) is 0 Å². The van der Waals surface area contributed by atoms with Gasteiger partial charge in [-0.3, -0.25) is 0 Å². The number of nitrogens with zero attached hydrogens (tertiary/aromatic N) is 5. The van der Waals surface area contributed by atoms with E-state index in [2.05, 4.69) is 126 Å². The summed E-state index contributed by atoms with van der Waals surface area (Å²) in [5, 5.41) is 44.4. The Morgan fingerprint density at radius 2 is 0.364 bits per heavy atom. The monoisotopic (exact) mass is 1480 g/mol. The largest absolute Gasteiger partial charge is 0.192 e. The molecular formula is C105H145N5. The molecule has 0 spiro atoms. The van der Waals surface area contributed by atoms with Crippen LogP contribution in [0.5, 0.6) is 0 Å². The molecule has 15 aliphatic carbocycles. The lowest BCUT2D eigenvalue weighted by atomic mass is 9.51. The molecule has 0 amide bonds. The predicted molar refractivity (Wildman–Crippen MR) is 458 cm³/mol. The zero-order chi connectivity index (χ0) is 77.3. The average Bonchev–Trinajstić information content (AvgIpc) is 0.790. The van der Waals surface area contributed by atoms with Crippen molar-refractivity contribution in [3.05, 3.63) is 177 Å². The van der Waals surface area contributed by atoms with Crippen LogP contribution in [-0.2, 0) is 32.1 Å². The summed E-state index contributed by atoms with van der Waals surface area (Å²) in [7, 11) is 0. The van der Waals surface area contributed by atoms with Gasteiger partial charge in [0, 0.05) is 0 Å². The van der Waals surface area contributed by atoms with Crippen LogP contribution in [0.2, 0.25) is 0 Å². The van der Waals surface area contributed by atoms with Gasteiger partial charge in [-0.1, -0.05) is 166 Å². The highest BCUT2D eigenvalue weighted by Crippen LogP contribution is 2.65. The Morgan fingerprint density at radius 3 is 0.555 bits per heavy atom. The normalized spacial score (nSPS) is 30.2. The Balaban J connectivity index is 0.000000137. The number of hydrogen-bond donors (Lipinski definition) is 0. The van der Waals surface area contributed by atoms with Crippen LogP contribution in [0, 0.1) is 111 Å². The van der Waals surface area contributed by atoms with Crippen LogP contribution >= 0.6 is 0 Å². The van der Waals surface area contributed by atoms with Crippen LogP contribution in [0.4, 0.5) is 0 Å². The third-order valence-corrected chi connectivity index (χ3v) is 33.4. The highest BCUT2D eigenvalue weighted by molar-refractivity contribution is 5.35. The van der Waals surface area contributed by atoms with Crippen molar-refractivity contribution in [3.8, 4) is 30.3 Å². The molecule has 5 aromatic rings. The molecule has 15 saturated carbocycles. The molecule has 5 heteroatoms. The van der Waals surface area contributed by atoms with E-state index in [1.165, 1.54) is 381 Å². The first kappa shape index (κ1) is 84.5. The molecule has 10 bridgehead atoms. The number of hydrogen-bond acceptors (Lipinski definition) is 5. The van der Waals surface area contributed by atoms with Crippen LogP contribution in [-0.4, -0.2) is 0 Å². The number of benzene rings is 5. The lowest BCUT2D eigenvalue weighted by Crippen LogP contribution is -2.41. The Hall–Kier alpha value is -6.45. The maximum absolute atomic E-state index is 8.91. The highest BCUT2D eigenvalue weighted by Gasteiger charge is 2.52. The molecule has 0 radical (unpaired) electrons. The molecule has 0 aliphatic heterocycles. The average molecular weight is 1480 g/mol. The molecule has 0 unspecified atom stereocenters. The molecule has 5 aromatic carbocycles. The topological polar surface area (TPSA) is 119 Å². The Labute approximate surface area is 671 Å². The molecule has 0 saturated heterocycles. The first-order chi connectivity index (χ1) is 53.5. The molecule has 15 aliphatic rings. The van der Waals surface area contributed by atoms with Gasteiger partial charge in [0.25, 0.3) is 0 Å². The van der Waals surface area contributed by atoms with Gasteiger partial charge >= 0.3 is 0 Å². The van der Waals surface area contributed by atoms with Crippen LogP contribution < -0.4 is 0 Å². The van der Waals surface area contributed by atoms with E-state index in [0.29, 0.717) is 27.1 Å². The second-order valence-corrected chi connectivity index (χ2v) is 39.5. The molecule has 0 N–H and O–H groups in total. The van der Waals surface area contributed by atoms with Gasteiger partial charge in [-0.15, -0.1) is 0 Å². The third kappa shape index (κ3) is 22.5. The standard InChI is InChI=1S/C23H33N.C22H31N.C21H29N.C20H27N.C19H25N/c1-2-3-4-5-11-22-13-16-23(17-14-22,18-15-22)12-10-20-6-8-21(19-24)9-7-20;1-2-3-4-10-21-12-15-22(16-13-21,17-14-21)11-9-19-5-7-20(18-23)8-6-19;1-2-3-9-20-11-14-21(15-12-20,16-13-20)10-8-18-4-6-19(17-22)7-5-18;1-2-8-19-10-13-20(14-11-19,15-12-19)9-7-17-3-5-18(16-21)6-4-17;1-2-18-9-12-19(13-10-18,14-11-18)8-7-16-3-5-17(15-20)6-4-16/h6-9H,2-5,10-18H2,1H3;5-8H,2-4,9-17H2,1H3;4-7H,2-3,8-16H2,1H3;3-6H,2,7-15H2,1H3;3-6H,2,7-14H2,1H3. The molecule has 0 atom stereocenters. The molecule has 15 fully saturated rings. The Kier molecular flexibility index (Phi) is 30.4. The van der Waals surface area contributed by atoms with E-state index in [1.54, 1.807) is 0 Å². The number of nitriles is 5. The lowest BCUT2D eigenvalue weighted by molar-refractivity contribution is -0.0205. The second-order valence-electron chi connectivity index (χ2n) is 39.5. The zero-order valence-electron chi connectivity index (χ0n) is 70.2. The predicted octanol–water partition coefficient (Wildman–Crippen LogP) is 30.1. The van der Waals surface area contributed by atoms with E-state index < -0.39 is 0 Å².